The van der Waals surface area contributed by atoms with Crippen LogP contribution in [-0.2, 0) is 22.9 Å². The summed E-state index contributed by atoms with van der Waals surface area (Å²) in [6, 6.07) is 26.4. The fourth-order valence-electron chi connectivity index (χ4n) is 9.11. The van der Waals surface area contributed by atoms with Crippen molar-refractivity contribution in [2.45, 2.75) is 50.8 Å². The standard InChI is InChI=1S/C49H48Cl2N6O7S/c1-49(2)15-13-35(43(27-49)33-5-9-37(51)10-6-33)29-55-17-19-56(20-18-55)38-11-12-41(46(24-38)64-39-23-34-14-16-52-47(34)53-28-39)48(58)54-65(61,62)40-25-44(57(59)60)42-22-32(30-63-45(42)26-40)21-31-3-7-36(50)8-4-31/h3-12,14,16,23-26,28,32H,13,15,17-22,27,29-30H2,1-2H3,(H,52,53)(H,54,58)/t32-/m1/s1. The number of hydrogen-bond acceptors (Lipinski definition) is 10. The van der Waals surface area contributed by atoms with Gasteiger partial charge in [0.05, 0.1) is 33.7 Å². The van der Waals surface area contributed by atoms with E-state index in [2.05, 4.69) is 50.5 Å². The van der Waals surface area contributed by atoms with Crippen LogP contribution in [0.25, 0.3) is 16.6 Å². The Bertz CT molecular complexity index is 2930. The van der Waals surface area contributed by atoms with Crippen molar-refractivity contribution in [3.05, 3.63) is 151 Å². The number of nitro benzene ring substituents is 1. The van der Waals surface area contributed by atoms with Crippen LogP contribution >= 0.6 is 23.2 Å². The minimum Gasteiger partial charge on any atom is -0.493 e. The number of sulfonamides is 1. The third-order valence-corrected chi connectivity index (χ3v) is 14.5. The first-order chi connectivity index (χ1) is 31.2. The zero-order valence-electron chi connectivity index (χ0n) is 36.0. The van der Waals surface area contributed by atoms with Gasteiger partial charge in [-0.2, -0.15) is 0 Å². The van der Waals surface area contributed by atoms with E-state index in [-0.39, 0.29) is 35.0 Å². The Morgan fingerprint density at radius 2 is 1.72 bits per heavy atom. The van der Waals surface area contributed by atoms with Gasteiger partial charge in [-0.25, -0.2) is 18.1 Å². The lowest BCUT2D eigenvalue weighted by molar-refractivity contribution is -0.386. The Balaban J connectivity index is 0.942. The van der Waals surface area contributed by atoms with Crippen molar-refractivity contribution in [1.82, 2.24) is 19.6 Å². The van der Waals surface area contributed by atoms with Crippen molar-refractivity contribution in [3.63, 3.8) is 0 Å². The number of carbonyl (C=O) groups excluding carboxylic acids is 1. The molecule has 0 unspecified atom stereocenters. The van der Waals surface area contributed by atoms with E-state index in [1.807, 2.05) is 30.3 Å². The molecule has 2 aromatic heterocycles. The van der Waals surface area contributed by atoms with Gasteiger partial charge in [-0.3, -0.25) is 19.8 Å². The smallest absolute Gasteiger partial charge is 0.277 e. The molecule has 1 aliphatic carbocycles. The second kappa shape index (κ2) is 18.2. The lowest BCUT2D eigenvalue weighted by Crippen LogP contribution is -2.47. The van der Waals surface area contributed by atoms with Crippen LogP contribution < -0.4 is 19.1 Å². The number of aromatic amines is 1. The number of amides is 1. The zero-order valence-corrected chi connectivity index (χ0v) is 38.3. The number of allylic oxidation sites excluding steroid dienone is 1. The molecule has 65 heavy (non-hydrogen) atoms. The lowest BCUT2D eigenvalue weighted by Gasteiger charge is -2.39. The third kappa shape index (κ3) is 10.0. The van der Waals surface area contributed by atoms with Gasteiger partial charge in [0.15, 0.2) is 0 Å². The van der Waals surface area contributed by atoms with Gasteiger partial charge in [0.2, 0.25) is 0 Å². The summed E-state index contributed by atoms with van der Waals surface area (Å²) in [6.07, 6.45) is 7.34. The molecule has 2 N–H and O–H groups in total. The van der Waals surface area contributed by atoms with Crippen LogP contribution in [0.15, 0.2) is 114 Å². The summed E-state index contributed by atoms with van der Waals surface area (Å²) in [4.78, 5) is 37.5. The molecule has 336 valence electrons. The van der Waals surface area contributed by atoms with E-state index in [9.17, 15) is 23.3 Å². The lowest BCUT2D eigenvalue weighted by atomic mass is 9.72. The first-order valence-corrected chi connectivity index (χ1v) is 23.9. The van der Waals surface area contributed by atoms with E-state index >= 15 is 0 Å². The van der Waals surface area contributed by atoms with Crippen molar-refractivity contribution in [1.29, 1.82) is 0 Å². The molecule has 1 amide bonds. The Labute approximate surface area is 387 Å². The number of carbonyl (C=O) groups is 1. The Hall–Kier alpha value is -5.93. The number of nitrogens with one attached hydrogen (secondary N) is 2. The van der Waals surface area contributed by atoms with E-state index in [0.29, 0.717) is 47.9 Å². The maximum atomic E-state index is 14.1. The van der Waals surface area contributed by atoms with Gasteiger partial charge in [-0.05, 0) is 103 Å². The van der Waals surface area contributed by atoms with Crippen LogP contribution in [0.1, 0.15) is 60.2 Å². The van der Waals surface area contributed by atoms with Crippen LogP contribution in [0, 0.1) is 21.4 Å². The summed E-state index contributed by atoms with van der Waals surface area (Å²) in [7, 11) is -4.65. The largest absolute Gasteiger partial charge is 0.493 e. The van der Waals surface area contributed by atoms with Gasteiger partial charge in [0, 0.05) is 84.2 Å². The number of nitro groups is 1. The normalized spacial score (nSPS) is 17.7. The average Bonchev–Trinajstić information content (AvgIpc) is 3.76. The summed E-state index contributed by atoms with van der Waals surface area (Å²) in [5.74, 6) is -0.528. The monoisotopic (exact) mass is 934 g/mol. The molecule has 16 heteroatoms. The molecule has 2 aliphatic heterocycles. The predicted octanol–water partition coefficient (Wildman–Crippen LogP) is 10.3. The van der Waals surface area contributed by atoms with Gasteiger partial charge in [0.1, 0.15) is 22.9 Å². The Morgan fingerprint density at radius 1 is 0.985 bits per heavy atom. The summed E-state index contributed by atoms with van der Waals surface area (Å²) in [5, 5.41) is 14.5. The number of ether oxygens (including phenoxy) is 2. The molecule has 1 atom stereocenters. The molecule has 0 radical (unpaired) electrons. The number of fused-ring (bicyclic) bond motifs is 2. The van der Waals surface area contributed by atoms with Gasteiger partial charge >= 0.3 is 0 Å². The fourth-order valence-corrected chi connectivity index (χ4v) is 10.4. The topological polar surface area (TPSA) is 160 Å². The highest BCUT2D eigenvalue weighted by Crippen LogP contribution is 2.44. The van der Waals surface area contributed by atoms with E-state index in [0.717, 1.165) is 66.6 Å². The van der Waals surface area contributed by atoms with Crippen molar-refractivity contribution < 1.29 is 27.6 Å². The van der Waals surface area contributed by atoms with E-state index < -0.39 is 31.4 Å². The molecule has 1 fully saturated rings. The SMILES string of the molecule is CC1(C)CCC(CN2CCN(c3ccc(C(=O)NS(=O)(=O)c4cc5c(c([N+](=O)[O-])c4)C[C@@H](Cc4ccc(Cl)cc4)CO5)c(Oc4cnc5[nH]ccc5c4)c3)CC2)=C(c2ccc(Cl)cc2)C1. The van der Waals surface area contributed by atoms with Gasteiger partial charge in [0.25, 0.3) is 21.6 Å². The number of halogens is 2. The highest BCUT2D eigenvalue weighted by atomic mass is 35.5. The summed E-state index contributed by atoms with van der Waals surface area (Å²) < 4.78 is 42.3. The summed E-state index contributed by atoms with van der Waals surface area (Å²) in [5.41, 5.74) is 6.59. The van der Waals surface area contributed by atoms with Crippen molar-refractivity contribution >= 4 is 67.1 Å². The number of rotatable bonds is 12. The second-order valence-corrected chi connectivity index (χ2v) is 20.4. The predicted molar refractivity (Wildman–Crippen MR) is 253 cm³/mol. The number of H-pyrrole nitrogens is 1. The Morgan fingerprint density at radius 3 is 2.46 bits per heavy atom. The highest BCUT2D eigenvalue weighted by molar-refractivity contribution is 7.90. The first kappa shape index (κ1) is 44.3. The zero-order chi connectivity index (χ0) is 45.5. The number of benzene rings is 4. The minimum atomic E-state index is -4.65. The molecule has 9 rings (SSSR count). The van der Waals surface area contributed by atoms with Crippen LogP contribution in [0.4, 0.5) is 11.4 Å². The minimum absolute atomic E-state index is 0.0548. The van der Waals surface area contributed by atoms with Gasteiger partial charge < -0.3 is 19.4 Å². The Kier molecular flexibility index (Phi) is 12.4. The van der Waals surface area contributed by atoms with Gasteiger partial charge in [-0.15, -0.1) is 0 Å². The van der Waals surface area contributed by atoms with Crippen LogP contribution in [0.3, 0.4) is 0 Å². The molecule has 4 heterocycles. The highest BCUT2D eigenvalue weighted by Gasteiger charge is 2.33. The maximum Gasteiger partial charge on any atom is 0.277 e. The number of nitrogens with zero attached hydrogens (tertiary/aromatic N) is 4. The van der Waals surface area contributed by atoms with E-state index in [1.54, 1.807) is 36.5 Å². The quantitative estimate of drug-likeness (QED) is 0.0893. The number of pyridine rings is 1. The van der Waals surface area contributed by atoms with E-state index in [4.69, 9.17) is 32.7 Å². The fraction of sp³-hybridized carbons (Fsp3) is 0.306. The third-order valence-electron chi connectivity index (χ3n) is 12.6. The molecule has 1 saturated heterocycles. The molecule has 0 saturated carbocycles. The first-order valence-electron chi connectivity index (χ1n) is 21.6. The summed E-state index contributed by atoms with van der Waals surface area (Å²) >= 11 is 12.3. The molecule has 3 aliphatic rings. The maximum absolute atomic E-state index is 14.1. The van der Waals surface area contributed by atoms with E-state index in [1.165, 1.54) is 35.0 Å². The molecule has 6 aromatic rings. The van der Waals surface area contributed by atoms with Crippen molar-refractivity contribution in [3.8, 4) is 17.2 Å². The number of aromatic nitrogens is 2. The second-order valence-electron chi connectivity index (χ2n) is 17.9. The molecular weight excluding hydrogens is 888 g/mol. The van der Waals surface area contributed by atoms with Crippen LogP contribution in [0.5, 0.6) is 17.2 Å². The molecular formula is C49H48Cl2N6O7S. The number of piperazine rings is 1. The molecule has 0 bridgehead atoms. The van der Waals surface area contributed by atoms with Crippen LogP contribution in [-0.4, -0.2) is 73.4 Å². The molecule has 13 nitrogen and oxygen atoms in total. The average molecular weight is 936 g/mol. The van der Waals surface area contributed by atoms with Crippen LogP contribution in [0.2, 0.25) is 10.0 Å². The van der Waals surface area contributed by atoms with Crippen molar-refractivity contribution in [2.75, 3.05) is 44.2 Å². The number of anilines is 1. The number of hydrogen-bond donors (Lipinski definition) is 2. The van der Waals surface area contributed by atoms with Crippen molar-refractivity contribution in [2.24, 2.45) is 11.3 Å². The van der Waals surface area contributed by atoms with Gasteiger partial charge in [-0.1, -0.05) is 66.9 Å². The molecule has 4 aromatic carbocycles. The molecule has 0 spiro atoms. The summed E-state index contributed by atoms with van der Waals surface area (Å²) in [6.45, 7) is 8.81.